The van der Waals surface area contributed by atoms with Crippen LogP contribution in [0, 0.1) is 18.2 Å². The summed E-state index contributed by atoms with van der Waals surface area (Å²) in [6, 6.07) is 4.71. The van der Waals surface area contributed by atoms with Crippen LogP contribution in [-0.4, -0.2) is 30.4 Å². The van der Waals surface area contributed by atoms with Crippen molar-refractivity contribution in [2.24, 2.45) is 11.1 Å². The standard InChI is InChI=1S/C14H19FN2O.ClH/c1-10-3-4-11(12(15)7-10)13(18)17-6-5-14(2,8-16)9-17;/h3-4,7H,5-6,8-9,16H2,1-2H3;1H. The third kappa shape index (κ3) is 3.25. The number of hydrogen-bond acceptors (Lipinski definition) is 2. The monoisotopic (exact) mass is 286 g/mol. The molecule has 1 aromatic carbocycles. The minimum Gasteiger partial charge on any atom is -0.338 e. The molecule has 1 aliphatic rings. The minimum atomic E-state index is -0.443. The van der Waals surface area contributed by atoms with Crippen molar-refractivity contribution in [3.05, 3.63) is 35.1 Å². The van der Waals surface area contributed by atoms with Crippen LogP contribution in [0.4, 0.5) is 4.39 Å². The summed E-state index contributed by atoms with van der Waals surface area (Å²) in [6.07, 6.45) is 0.878. The summed E-state index contributed by atoms with van der Waals surface area (Å²) >= 11 is 0. The number of rotatable bonds is 2. The average molecular weight is 287 g/mol. The van der Waals surface area contributed by atoms with Crippen molar-refractivity contribution < 1.29 is 9.18 Å². The van der Waals surface area contributed by atoms with Crippen LogP contribution in [0.3, 0.4) is 0 Å². The van der Waals surface area contributed by atoms with E-state index in [1.807, 2.05) is 0 Å². The average Bonchev–Trinajstić information content (AvgIpc) is 2.72. The van der Waals surface area contributed by atoms with Gasteiger partial charge in [-0.05, 0) is 43.0 Å². The molecular weight excluding hydrogens is 267 g/mol. The number of halogens is 2. The lowest BCUT2D eigenvalue weighted by Crippen LogP contribution is -2.34. The summed E-state index contributed by atoms with van der Waals surface area (Å²) in [5.74, 6) is -0.675. The first-order chi connectivity index (χ1) is 8.45. The van der Waals surface area contributed by atoms with Crippen LogP contribution in [0.1, 0.15) is 29.3 Å². The van der Waals surface area contributed by atoms with Crippen molar-refractivity contribution in [3.8, 4) is 0 Å². The van der Waals surface area contributed by atoms with Gasteiger partial charge in [0.15, 0.2) is 0 Å². The van der Waals surface area contributed by atoms with Gasteiger partial charge in [0.2, 0.25) is 0 Å². The Bertz CT molecular complexity index is 481. The number of likely N-dealkylation sites (tertiary alicyclic amines) is 1. The lowest BCUT2D eigenvalue weighted by Gasteiger charge is -2.22. The van der Waals surface area contributed by atoms with Crippen LogP contribution >= 0.6 is 12.4 Å². The zero-order chi connectivity index (χ0) is 13.3. The zero-order valence-corrected chi connectivity index (χ0v) is 12.1. The largest absolute Gasteiger partial charge is 0.338 e. The maximum atomic E-state index is 13.8. The molecule has 2 rings (SSSR count). The first-order valence-corrected chi connectivity index (χ1v) is 6.21. The Hall–Kier alpha value is -1.13. The molecule has 0 saturated carbocycles. The molecule has 0 radical (unpaired) electrons. The Morgan fingerprint density at radius 3 is 2.74 bits per heavy atom. The second kappa shape index (κ2) is 5.88. The van der Waals surface area contributed by atoms with Gasteiger partial charge in [-0.3, -0.25) is 4.79 Å². The number of carbonyl (C=O) groups is 1. The first-order valence-electron chi connectivity index (χ1n) is 6.21. The van der Waals surface area contributed by atoms with Gasteiger partial charge >= 0.3 is 0 Å². The van der Waals surface area contributed by atoms with Gasteiger partial charge in [-0.2, -0.15) is 0 Å². The van der Waals surface area contributed by atoms with Gasteiger partial charge in [0.1, 0.15) is 5.82 Å². The van der Waals surface area contributed by atoms with Gasteiger partial charge < -0.3 is 10.6 Å². The summed E-state index contributed by atoms with van der Waals surface area (Å²) < 4.78 is 13.8. The highest BCUT2D eigenvalue weighted by atomic mass is 35.5. The second-order valence-electron chi connectivity index (χ2n) is 5.47. The Morgan fingerprint density at radius 2 is 2.21 bits per heavy atom. The van der Waals surface area contributed by atoms with E-state index in [1.54, 1.807) is 24.0 Å². The van der Waals surface area contributed by atoms with Crippen molar-refractivity contribution in [1.29, 1.82) is 0 Å². The van der Waals surface area contributed by atoms with Crippen molar-refractivity contribution in [2.75, 3.05) is 19.6 Å². The molecule has 1 aromatic rings. The molecule has 19 heavy (non-hydrogen) atoms. The van der Waals surface area contributed by atoms with Crippen molar-refractivity contribution in [3.63, 3.8) is 0 Å². The van der Waals surface area contributed by atoms with Crippen LogP contribution in [0.15, 0.2) is 18.2 Å². The molecule has 5 heteroatoms. The van der Waals surface area contributed by atoms with Crippen molar-refractivity contribution >= 4 is 18.3 Å². The lowest BCUT2D eigenvalue weighted by atomic mass is 9.90. The molecule has 1 saturated heterocycles. The fourth-order valence-electron chi connectivity index (χ4n) is 2.33. The molecule has 1 unspecified atom stereocenters. The van der Waals surface area contributed by atoms with Gasteiger partial charge in [0.25, 0.3) is 5.91 Å². The molecule has 3 nitrogen and oxygen atoms in total. The molecule has 0 aromatic heterocycles. The van der Waals surface area contributed by atoms with E-state index in [-0.39, 0.29) is 29.3 Å². The maximum absolute atomic E-state index is 13.8. The molecule has 1 atom stereocenters. The van der Waals surface area contributed by atoms with Gasteiger partial charge in [-0.15, -0.1) is 12.4 Å². The third-order valence-electron chi connectivity index (χ3n) is 3.69. The highest BCUT2D eigenvalue weighted by molar-refractivity contribution is 5.94. The van der Waals surface area contributed by atoms with E-state index >= 15 is 0 Å². The summed E-state index contributed by atoms with van der Waals surface area (Å²) in [7, 11) is 0. The maximum Gasteiger partial charge on any atom is 0.256 e. The van der Waals surface area contributed by atoms with Crippen LogP contribution in [0.2, 0.25) is 0 Å². The molecule has 1 aliphatic heterocycles. The van der Waals surface area contributed by atoms with Crippen molar-refractivity contribution in [1.82, 2.24) is 4.90 Å². The van der Waals surface area contributed by atoms with Gasteiger partial charge in [0, 0.05) is 13.1 Å². The topological polar surface area (TPSA) is 46.3 Å². The third-order valence-corrected chi connectivity index (χ3v) is 3.69. The van der Waals surface area contributed by atoms with E-state index in [4.69, 9.17) is 5.73 Å². The van der Waals surface area contributed by atoms with Gasteiger partial charge in [0.05, 0.1) is 5.56 Å². The Labute approximate surface area is 119 Å². The van der Waals surface area contributed by atoms with E-state index < -0.39 is 5.82 Å². The quantitative estimate of drug-likeness (QED) is 0.907. The first kappa shape index (κ1) is 15.9. The van der Waals surface area contributed by atoms with Crippen LogP contribution in [-0.2, 0) is 0 Å². The molecule has 0 spiro atoms. The number of carbonyl (C=O) groups excluding carboxylic acids is 1. The summed E-state index contributed by atoms with van der Waals surface area (Å²) in [5.41, 5.74) is 6.65. The number of nitrogens with zero attached hydrogens (tertiary/aromatic N) is 1. The summed E-state index contributed by atoms with van der Waals surface area (Å²) in [4.78, 5) is 13.9. The summed E-state index contributed by atoms with van der Waals surface area (Å²) in [6.45, 7) is 5.67. The van der Waals surface area contributed by atoms with Gasteiger partial charge in [-0.25, -0.2) is 4.39 Å². The highest BCUT2D eigenvalue weighted by Crippen LogP contribution is 2.29. The predicted molar refractivity (Wildman–Crippen MR) is 76.1 cm³/mol. The molecule has 0 bridgehead atoms. The van der Waals surface area contributed by atoms with E-state index in [0.29, 0.717) is 19.6 Å². The zero-order valence-electron chi connectivity index (χ0n) is 11.3. The van der Waals surface area contributed by atoms with Crippen LogP contribution in [0.25, 0.3) is 0 Å². The molecule has 2 N–H and O–H groups in total. The predicted octanol–water partition coefficient (Wildman–Crippen LogP) is 2.37. The minimum absolute atomic E-state index is 0. The number of hydrogen-bond donors (Lipinski definition) is 1. The van der Waals surface area contributed by atoms with Crippen LogP contribution < -0.4 is 5.73 Å². The molecule has 1 amide bonds. The Morgan fingerprint density at radius 1 is 1.53 bits per heavy atom. The number of benzene rings is 1. The van der Waals surface area contributed by atoms with E-state index in [0.717, 1.165) is 12.0 Å². The fraction of sp³-hybridized carbons (Fsp3) is 0.500. The van der Waals surface area contributed by atoms with Gasteiger partial charge in [-0.1, -0.05) is 13.0 Å². The molecule has 1 fully saturated rings. The summed E-state index contributed by atoms with van der Waals surface area (Å²) in [5, 5.41) is 0. The second-order valence-corrected chi connectivity index (χ2v) is 5.47. The normalized spacial score (nSPS) is 22.2. The fourth-order valence-corrected chi connectivity index (χ4v) is 2.33. The lowest BCUT2D eigenvalue weighted by molar-refractivity contribution is 0.0772. The molecule has 0 aliphatic carbocycles. The molecular formula is C14H20ClFN2O. The molecule has 106 valence electrons. The molecule has 1 heterocycles. The Kier molecular flexibility index (Phi) is 4.93. The highest BCUT2D eigenvalue weighted by Gasteiger charge is 2.35. The van der Waals surface area contributed by atoms with Crippen molar-refractivity contribution in [2.45, 2.75) is 20.3 Å². The van der Waals surface area contributed by atoms with E-state index in [2.05, 4.69) is 6.92 Å². The SMILES string of the molecule is Cc1ccc(C(=O)N2CCC(C)(CN)C2)c(F)c1.Cl. The smallest absolute Gasteiger partial charge is 0.256 e. The van der Waals surface area contributed by atoms with E-state index in [9.17, 15) is 9.18 Å². The van der Waals surface area contributed by atoms with Crippen LogP contribution in [0.5, 0.6) is 0 Å². The Balaban J connectivity index is 0.00000180. The van der Waals surface area contributed by atoms with E-state index in [1.165, 1.54) is 6.07 Å². The number of amides is 1. The number of aryl methyl sites for hydroxylation is 1. The number of nitrogens with two attached hydrogens (primary N) is 1.